The van der Waals surface area contributed by atoms with Gasteiger partial charge in [0.05, 0.1) is 11.5 Å². The minimum Gasteiger partial charge on any atom is -0.376 e. The average molecular weight is 362 g/mol. The van der Waals surface area contributed by atoms with Gasteiger partial charge in [0.25, 0.3) is 0 Å². The van der Waals surface area contributed by atoms with E-state index in [1.165, 1.54) is 22.2 Å². The zero-order chi connectivity index (χ0) is 17.2. The number of fused-ring (bicyclic) bond motifs is 3. The first-order valence-electron chi connectivity index (χ1n) is 9.19. The van der Waals surface area contributed by atoms with E-state index in [4.69, 9.17) is 9.72 Å². The lowest BCUT2D eigenvalue weighted by atomic mass is 10.1. The molecule has 2 aromatic heterocycles. The summed E-state index contributed by atoms with van der Waals surface area (Å²) in [5.41, 5.74) is 1.46. The van der Waals surface area contributed by atoms with Gasteiger partial charge in [-0.05, 0) is 45.5 Å². The van der Waals surface area contributed by atoms with Crippen LogP contribution in [0.1, 0.15) is 23.3 Å². The largest absolute Gasteiger partial charge is 0.376 e. The molecule has 1 N–H and O–H groups in total. The number of ether oxygens (including phenoxy) is 1. The number of nitrogens with one attached hydrogen (secondary N) is 1. The summed E-state index contributed by atoms with van der Waals surface area (Å²) in [6, 6.07) is 0. The summed E-state index contributed by atoms with van der Waals surface area (Å²) in [4.78, 5) is 16.5. The van der Waals surface area contributed by atoms with Gasteiger partial charge >= 0.3 is 0 Å². The molecule has 0 radical (unpaired) electrons. The zero-order valence-corrected chi connectivity index (χ0v) is 15.9. The van der Waals surface area contributed by atoms with Crippen molar-refractivity contribution in [3.63, 3.8) is 0 Å². The highest BCUT2D eigenvalue weighted by atomic mass is 32.1. The Morgan fingerprint density at radius 3 is 3.04 bits per heavy atom. The Morgan fingerprint density at radius 2 is 2.24 bits per heavy atom. The Bertz CT molecular complexity index is 726. The number of hydrogen-bond donors (Lipinski definition) is 1. The number of nitrogens with zero attached hydrogens (tertiary/aromatic N) is 4. The van der Waals surface area contributed by atoms with Gasteiger partial charge in [0, 0.05) is 37.7 Å². The van der Waals surface area contributed by atoms with E-state index in [0.717, 1.165) is 62.8 Å². The maximum atomic E-state index is 5.91. The lowest BCUT2D eigenvalue weighted by Crippen LogP contribution is -2.38. The minimum atomic E-state index is 0.323. The first kappa shape index (κ1) is 17.1. The summed E-state index contributed by atoms with van der Waals surface area (Å²) in [7, 11) is 4.25. The molecule has 0 bridgehead atoms. The fourth-order valence-corrected chi connectivity index (χ4v) is 4.87. The van der Waals surface area contributed by atoms with Gasteiger partial charge in [-0.1, -0.05) is 0 Å². The molecule has 0 aliphatic carbocycles. The first-order chi connectivity index (χ1) is 12.2. The molecule has 0 spiro atoms. The molecule has 2 aliphatic heterocycles. The van der Waals surface area contributed by atoms with Crippen LogP contribution in [0.2, 0.25) is 0 Å². The molecule has 6 nitrogen and oxygen atoms in total. The predicted octanol–water partition coefficient (Wildman–Crippen LogP) is 1.88. The van der Waals surface area contributed by atoms with Gasteiger partial charge in [0.15, 0.2) is 0 Å². The van der Waals surface area contributed by atoms with Crippen LogP contribution in [0.3, 0.4) is 0 Å². The van der Waals surface area contributed by atoms with Crippen LogP contribution in [0.5, 0.6) is 0 Å². The van der Waals surface area contributed by atoms with Crippen LogP contribution in [0.15, 0.2) is 6.33 Å². The summed E-state index contributed by atoms with van der Waals surface area (Å²) in [5.74, 6) is 1.10. The Morgan fingerprint density at radius 1 is 1.32 bits per heavy atom. The van der Waals surface area contributed by atoms with Crippen molar-refractivity contribution in [1.82, 2.24) is 20.2 Å². The van der Waals surface area contributed by atoms with Crippen LogP contribution in [-0.4, -0.2) is 67.9 Å². The predicted molar refractivity (Wildman–Crippen MR) is 103 cm³/mol. The van der Waals surface area contributed by atoms with Crippen LogP contribution >= 0.6 is 11.3 Å². The van der Waals surface area contributed by atoms with Gasteiger partial charge in [0.1, 0.15) is 17.0 Å². The zero-order valence-electron chi connectivity index (χ0n) is 15.1. The van der Waals surface area contributed by atoms with Gasteiger partial charge < -0.3 is 19.9 Å². The van der Waals surface area contributed by atoms with Gasteiger partial charge in [-0.3, -0.25) is 0 Å². The van der Waals surface area contributed by atoms with Crippen molar-refractivity contribution in [3.05, 3.63) is 16.8 Å². The second-order valence-corrected chi connectivity index (χ2v) is 8.28. The second-order valence-electron chi connectivity index (χ2n) is 7.19. The molecule has 4 heterocycles. The topological polar surface area (TPSA) is 53.5 Å². The highest BCUT2D eigenvalue weighted by Gasteiger charge is 2.25. The third kappa shape index (κ3) is 3.65. The fraction of sp³-hybridized carbons (Fsp3) is 0.667. The van der Waals surface area contributed by atoms with E-state index in [-0.39, 0.29) is 0 Å². The van der Waals surface area contributed by atoms with Crippen LogP contribution in [0, 0.1) is 0 Å². The van der Waals surface area contributed by atoms with Gasteiger partial charge in [0.2, 0.25) is 0 Å². The van der Waals surface area contributed by atoms with Gasteiger partial charge in [-0.15, -0.1) is 11.3 Å². The van der Waals surface area contributed by atoms with Crippen LogP contribution in [0.25, 0.3) is 10.2 Å². The molecule has 1 saturated heterocycles. The molecule has 0 aromatic carbocycles. The maximum Gasteiger partial charge on any atom is 0.141 e. The van der Waals surface area contributed by atoms with E-state index in [1.54, 1.807) is 6.33 Å². The molecule has 25 heavy (non-hydrogen) atoms. The molecule has 2 aliphatic rings. The minimum absolute atomic E-state index is 0.323. The molecule has 7 heteroatoms. The van der Waals surface area contributed by atoms with Crippen LogP contribution in [0.4, 0.5) is 5.82 Å². The Kier molecular flexibility index (Phi) is 5.17. The number of aromatic nitrogens is 2. The molecule has 0 unspecified atom stereocenters. The monoisotopic (exact) mass is 361 g/mol. The third-order valence-corrected chi connectivity index (χ3v) is 6.19. The van der Waals surface area contributed by atoms with E-state index < -0.39 is 0 Å². The molecule has 136 valence electrons. The summed E-state index contributed by atoms with van der Waals surface area (Å²) in [6.07, 6.45) is 5.44. The molecular formula is C18H27N5OS. The van der Waals surface area contributed by atoms with Crippen molar-refractivity contribution in [2.45, 2.75) is 31.9 Å². The summed E-state index contributed by atoms with van der Waals surface area (Å²) in [5, 5.41) is 4.75. The summed E-state index contributed by atoms with van der Waals surface area (Å²) >= 11 is 1.82. The maximum absolute atomic E-state index is 5.91. The lowest BCUT2D eigenvalue weighted by Gasteiger charge is -2.28. The number of rotatable bonds is 6. The number of likely N-dealkylation sites (N-methyl/N-ethyl adjacent to an activating group) is 1. The van der Waals surface area contributed by atoms with E-state index in [2.05, 4.69) is 34.2 Å². The highest BCUT2D eigenvalue weighted by Crippen LogP contribution is 2.37. The van der Waals surface area contributed by atoms with Gasteiger partial charge in [-0.25, -0.2) is 9.97 Å². The lowest BCUT2D eigenvalue weighted by molar-refractivity contribution is 0.115. The molecule has 1 fully saturated rings. The molecule has 0 amide bonds. The van der Waals surface area contributed by atoms with Gasteiger partial charge in [-0.2, -0.15) is 0 Å². The number of hydrogen-bond acceptors (Lipinski definition) is 7. The summed E-state index contributed by atoms with van der Waals surface area (Å²) < 4.78 is 5.91. The molecule has 1 atom stereocenters. The summed E-state index contributed by atoms with van der Waals surface area (Å²) in [6.45, 7) is 5.78. The van der Waals surface area contributed by atoms with E-state index in [1.807, 2.05) is 11.3 Å². The molecule has 2 aromatic rings. The SMILES string of the molecule is CN(C)CCN(C[C@@H]1CCCO1)c1ncnc2sc3c(c12)CCNC3. The normalized spacial score (nSPS) is 20.4. The van der Waals surface area contributed by atoms with Crippen molar-refractivity contribution < 1.29 is 4.74 Å². The number of anilines is 1. The standard InChI is InChI=1S/C18H27N5OS/c1-22(2)7-8-23(11-13-4-3-9-24-13)17-16-14-5-6-19-10-15(14)25-18(16)21-12-20-17/h12-13,19H,3-11H2,1-2H3/t13-/m0/s1. The van der Waals surface area contributed by atoms with E-state index in [9.17, 15) is 0 Å². The van der Waals surface area contributed by atoms with Crippen molar-refractivity contribution >= 4 is 27.4 Å². The quantitative estimate of drug-likeness (QED) is 0.848. The average Bonchev–Trinajstić information content (AvgIpc) is 3.25. The Balaban J connectivity index is 1.70. The Labute approximate surface area is 153 Å². The van der Waals surface area contributed by atoms with Crippen LogP contribution in [-0.2, 0) is 17.7 Å². The molecule has 0 saturated carbocycles. The van der Waals surface area contributed by atoms with Crippen molar-refractivity contribution in [3.8, 4) is 0 Å². The number of thiophene rings is 1. The third-order valence-electron chi connectivity index (χ3n) is 5.05. The van der Waals surface area contributed by atoms with E-state index >= 15 is 0 Å². The molecular weight excluding hydrogens is 334 g/mol. The highest BCUT2D eigenvalue weighted by molar-refractivity contribution is 7.19. The Hall–Kier alpha value is -1.28. The first-order valence-corrected chi connectivity index (χ1v) is 10.0. The van der Waals surface area contributed by atoms with Crippen molar-refractivity contribution in [1.29, 1.82) is 0 Å². The van der Waals surface area contributed by atoms with Crippen molar-refractivity contribution in [2.75, 3.05) is 51.8 Å². The second kappa shape index (κ2) is 7.53. The molecule has 4 rings (SSSR count). The van der Waals surface area contributed by atoms with E-state index in [0.29, 0.717) is 6.10 Å². The van der Waals surface area contributed by atoms with Crippen LogP contribution < -0.4 is 10.2 Å². The fourth-order valence-electron chi connectivity index (χ4n) is 3.72. The smallest absolute Gasteiger partial charge is 0.141 e. The van der Waals surface area contributed by atoms with Crippen molar-refractivity contribution in [2.24, 2.45) is 0 Å².